The molecule has 3 nitrogen and oxygen atoms in total. The molecular weight excluding hydrogens is 150 g/mol. The highest BCUT2D eigenvalue weighted by atomic mass is 14.8. The molecule has 0 saturated carbocycles. The molecule has 0 saturated heterocycles. The predicted octanol–water partition coefficient (Wildman–Crippen LogP) is 1.00. The van der Waals surface area contributed by atoms with Crippen molar-refractivity contribution in [2.24, 2.45) is 10.7 Å². The molecule has 0 unspecified atom stereocenters. The Labute approximate surface area is 72.3 Å². The molecule has 0 aromatic carbocycles. The van der Waals surface area contributed by atoms with Crippen molar-refractivity contribution < 1.29 is 0 Å². The first-order chi connectivity index (χ1) is 5.83. The third kappa shape index (κ3) is 2.70. The SMILES string of the molecule is CCN=C(N)Cc1ccncc1. The summed E-state index contributed by atoms with van der Waals surface area (Å²) in [5.41, 5.74) is 6.80. The number of nitrogens with zero attached hydrogens (tertiary/aromatic N) is 2. The van der Waals surface area contributed by atoms with Gasteiger partial charge in [0, 0.05) is 25.4 Å². The van der Waals surface area contributed by atoms with Gasteiger partial charge in [-0.2, -0.15) is 0 Å². The summed E-state index contributed by atoms with van der Waals surface area (Å²) in [6.07, 6.45) is 4.24. The first-order valence-electron chi connectivity index (χ1n) is 4.00. The van der Waals surface area contributed by atoms with Crippen molar-refractivity contribution in [3.8, 4) is 0 Å². The fourth-order valence-corrected chi connectivity index (χ4v) is 0.969. The first kappa shape index (κ1) is 8.71. The third-order valence-electron chi connectivity index (χ3n) is 1.50. The van der Waals surface area contributed by atoms with Crippen molar-refractivity contribution in [1.29, 1.82) is 0 Å². The van der Waals surface area contributed by atoms with E-state index in [1.54, 1.807) is 12.4 Å². The highest BCUT2D eigenvalue weighted by molar-refractivity contribution is 5.82. The van der Waals surface area contributed by atoms with Gasteiger partial charge in [-0.3, -0.25) is 9.98 Å². The molecular formula is C9H13N3. The number of amidine groups is 1. The summed E-state index contributed by atoms with van der Waals surface area (Å²) in [4.78, 5) is 8.01. The van der Waals surface area contributed by atoms with Crippen LogP contribution in [-0.2, 0) is 6.42 Å². The van der Waals surface area contributed by atoms with Crippen LogP contribution in [0, 0.1) is 0 Å². The molecule has 2 N–H and O–H groups in total. The standard InChI is InChI=1S/C9H13N3/c1-2-12-9(10)7-8-3-5-11-6-4-8/h3-6H,2,7H2,1H3,(H2,10,12). The zero-order chi connectivity index (χ0) is 8.81. The number of aliphatic imine (C=N–C) groups is 1. The molecule has 0 bridgehead atoms. The van der Waals surface area contributed by atoms with Gasteiger partial charge in [0.1, 0.15) is 0 Å². The van der Waals surface area contributed by atoms with Gasteiger partial charge in [-0.25, -0.2) is 0 Å². The molecule has 3 heteroatoms. The van der Waals surface area contributed by atoms with Crippen LogP contribution in [0.2, 0.25) is 0 Å². The van der Waals surface area contributed by atoms with Crippen LogP contribution in [0.5, 0.6) is 0 Å². The topological polar surface area (TPSA) is 51.3 Å². The van der Waals surface area contributed by atoms with Crippen LogP contribution in [0.25, 0.3) is 0 Å². The normalized spacial score (nSPS) is 11.6. The van der Waals surface area contributed by atoms with E-state index in [0.29, 0.717) is 5.84 Å². The summed E-state index contributed by atoms with van der Waals surface area (Å²) in [7, 11) is 0. The average molecular weight is 163 g/mol. The average Bonchev–Trinajstić information content (AvgIpc) is 2.06. The molecule has 12 heavy (non-hydrogen) atoms. The molecule has 0 aliphatic carbocycles. The lowest BCUT2D eigenvalue weighted by Gasteiger charge is -1.98. The van der Waals surface area contributed by atoms with Crippen LogP contribution in [0.15, 0.2) is 29.5 Å². The molecule has 64 valence electrons. The number of hydrogen-bond donors (Lipinski definition) is 1. The Morgan fingerprint density at radius 3 is 2.75 bits per heavy atom. The van der Waals surface area contributed by atoms with Crippen molar-refractivity contribution in [2.45, 2.75) is 13.3 Å². The van der Waals surface area contributed by atoms with Gasteiger partial charge in [-0.1, -0.05) is 0 Å². The highest BCUT2D eigenvalue weighted by Gasteiger charge is 1.93. The zero-order valence-electron chi connectivity index (χ0n) is 7.20. The number of pyridine rings is 1. The number of nitrogens with two attached hydrogens (primary N) is 1. The minimum absolute atomic E-state index is 0.684. The molecule has 1 aromatic rings. The van der Waals surface area contributed by atoms with E-state index in [1.807, 2.05) is 19.1 Å². The quantitative estimate of drug-likeness (QED) is 0.534. The second-order valence-corrected chi connectivity index (χ2v) is 2.50. The van der Waals surface area contributed by atoms with Crippen LogP contribution in [0.1, 0.15) is 12.5 Å². The van der Waals surface area contributed by atoms with Gasteiger partial charge in [0.2, 0.25) is 0 Å². The number of aromatic nitrogens is 1. The van der Waals surface area contributed by atoms with Crippen molar-refractivity contribution in [3.05, 3.63) is 30.1 Å². The van der Waals surface area contributed by atoms with Gasteiger partial charge in [0.05, 0.1) is 5.84 Å². The van der Waals surface area contributed by atoms with Gasteiger partial charge in [0.25, 0.3) is 0 Å². The Hall–Kier alpha value is -1.38. The van der Waals surface area contributed by atoms with Gasteiger partial charge < -0.3 is 5.73 Å². The lowest BCUT2D eigenvalue weighted by molar-refractivity contribution is 1.09. The summed E-state index contributed by atoms with van der Waals surface area (Å²) < 4.78 is 0. The van der Waals surface area contributed by atoms with Gasteiger partial charge in [-0.15, -0.1) is 0 Å². The Morgan fingerprint density at radius 1 is 1.50 bits per heavy atom. The zero-order valence-corrected chi connectivity index (χ0v) is 7.20. The molecule has 0 fully saturated rings. The van der Waals surface area contributed by atoms with Crippen LogP contribution >= 0.6 is 0 Å². The lowest BCUT2D eigenvalue weighted by Crippen LogP contribution is -2.15. The van der Waals surface area contributed by atoms with E-state index in [9.17, 15) is 0 Å². The molecule has 1 heterocycles. The van der Waals surface area contributed by atoms with Crippen molar-refractivity contribution in [3.63, 3.8) is 0 Å². The molecule has 0 spiro atoms. The largest absolute Gasteiger partial charge is 0.387 e. The molecule has 1 aromatic heterocycles. The fraction of sp³-hybridized carbons (Fsp3) is 0.333. The maximum absolute atomic E-state index is 5.65. The third-order valence-corrected chi connectivity index (χ3v) is 1.50. The van der Waals surface area contributed by atoms with Crippen LogP contribution in [0.3, 0.4) is 0 Å². The van der Waals surface area contributed by atoms with Crippen molar-refractivity contribution >= 4 is 5.84 Å². The van der Waals surface area contributed by atoms with E-state index in [0.717, 1.165) is 18.5 Å². The van der Waals surface area contributed by atoms with E-state index in [1.165, 1.54) is 0 Å². The molecule has 0 amide bonds. The summed E-state index contributed by atoms with van der Waals surface area (Å²) >= 11 is 0. The molecule has 0 aliphatic heterocycles. The van der Waals surface area contributed by atoms with Gasteiger partial charge in [0.15, 0.2) is 0 Å². The Balaban J connectivity index is 2.58. The second-order valence-electron chi connectivity index (χ2n) is 2.50. The van der Waals surface area contributed by atoms with Crippen molar-refractivity contribution in [2.75, 3.05) is 6.54 Å². The van der Waals surface area contributed by atoms with Gasteiger partial charge >= 0.3 is 0 Å². The summed E-state index contributed by atoms with van der Waals surface area (Å²) in [6, 6.07) is 3.88. The van der Waals surface area contributed by atoms with Crippen molar-refractivity contribution in [1.82, 2.24) is 4.98 Å². The molecule has 1 rings (SSSR count). The minimum Gasteiger partial charge on any atom is -0.387 e. The van der Waals surface area contributed by atoms with Crippen LogP contribution < -0.4 is 5.73 Å². The highest BCUT2D eigenvalue weighted by Crippen LogP contribution is 1.96. The van der Waals surface area contributed by atoms with Crippen LogP contribution in [-0.4, -0.2) is 17.4 Å². The Bertz CT molecular complexity index is 254. The summed E-state index contributed by atoms with van der Waals surface area (Å²) in [5.74, 6) is 0.684. The Kier molecular flexibility index (Phi) is 3.26. The summed E-state index contributed by atoms with van der Waals surface area (Å²) in [5, 5.41) is 0. The smallest absolute Gasteiger partial charge is 0.0981 e. The van der Waals surface area contributed by atoms with E-state index in [4.69, 9.17) is 5.73 Å². The maximum atomic E-state index is 5.65. The fourth-order valence-electron chi connectivity index (χ4n) is 0.969. The first-order valence-corrected chi connectivity index (χ1v) is 4.00. The second kappa shape index (κ2) is 4.49. The van der Waals surface area contributed by atoms with E-state index in [2.05, 4.69) is 9.98 Å². The lowest BCUT2D eigenvalue weighted by atomic mass is 10.2. The molecule has 0 aliphatic rings. The molecule has 0 atom stereocenters. The molecule has 0 radical (unpaired) electrons. The monoisotopic (exact) mass is 163 g/mol. The number of hydrogen-bond acceptors (Lipinski definition) is 2. The van der Waals surface area contributed by atoms with E-state index < -0.39 is 0 Å². The van der Waals surface area contributed by atoms with Gasteiger partial charge in [-0.05, 0) is 24.6 Å². The summed E-state index contributed by atoms with van der Waals surface area (Å²) in [6.45, 7) is 2.72. The minimum atomic E-state index is 0.684. The maximum Gasteiger partial charge on any atom is 0.0981 e. The number of rotatable bonds is 3. The van der Waals surface area contributed by atoms with Crippen LogP contribution in [0.4, 0.5) is 0 Å². The van der Waals surface area contributed by atoms with E-state index >= 15 is 0 Å². The Morgan fingerprint density at radius 2 is 2.17 bits per heavy atom. The predicted molar refractivity (Wildman–Crippen MR) is 50.1 cm³/mol. The van der Waals surface area contributed by atoms with E-state index in [-0.39, 0.29) is 0 Å².